The van der Waals surface area contributed by atoms with Crippen molar-refractivity contribution in [2.75, 3.05) is 11.6 Å². The third-order valence-corrected chi connectivity index (χ3v) is 5.79. The van der Waals surface area contributed by atoms with Crippen molar-refractivity contribution in [3.05, 3.63) is 0 Å². The minimum atomic E-state index is 0.581. The summed E-state index contributed by atoms with van der Waals surface area (Å²) in [5.74, 6) is 2.52. The Bertz CT molecular complexity index is 227. The molecule has 0 aromatic carbocycles. The first kappa shape index (κ1) is 18.4. The normalized spacial score (nSPS) is 18.1. The average Bonchev–Trinajstić information content (AvgIpc) is 3.26. The largest absolute Gasteiger partial charge is 0.305 e. The molecule has 1 nitrogen and oxygen atoms in total. The molecule has 1 aliphatic rings. The lowest BCUT2D eigenvalue weighted by Gasteiger charge is -2.29. The van der Waals surface area contributed by atoms with Gasteiger partial charge in [0.1, 0.15) is 0 Å². The van der Waals surface area contributed by atoms with Gasteiger partial charge in [0, 0.05) is 11.9 Å². The maximum atomic E-state index is 3.63. The van der Waals surface area contributed by atoms with E-state index in [9.17, 15) is 0 Å². The Labute approximate surface area is 132 Å². The van der Waals surface area contributed by atoms with Gasteiger partial charge >= 0.3 is 0 Å². The van der Waals surface area contributed by atoms with Gasteiger partial charge in [-0.3, -0.25) is 0 Å². The van der Waals surface area contributed by atoms with Crippen LogP contribution in [0.25, 0.3) is 0 Å². The second kappa shape index (κ2) is 11.0. The van der Waals surface area contributed by atoms with Gasteiger partial charge in [0.05, 0.1) is 0 Å². The van der Waals surface area contributed by atoms with Crippen molar-refractivity contribution < 1.29 is 0 Å². The summed E-state index contributed by atoms with van der Waals surface area (Å²) in [5.41, 5.74) is 0.581. The van der Waals surface area contributed by atoms with Crippen molar-refractivity contribution in [3.63, 3.8) is 0 Å². The van der Waals surface area contributed by atoms with Gasteiger partial charge in [-0.05, 0) is 36.9 Å². The molecule has 0 saturated heterocycles. The number of hydrogen-bond donors (Lipinski definition) is 1. The fraction of sp³-hybridized carbons (Fsp3) is 1.00. The minimum Gasteiger partial charge on any atom is -0.305 e. The molecular formula is C18H37NS. The molecule has 20 heavy (non-hydrogen) atoms. The summed E-state index contributed by atoms with van der Waals surface area (Å²) in [6.45, 7) is 7.16. The smallest absolute Gasteiger partial charge is 0.0420 e. The van der Waals surface area contributed by atoms with E-state index in [0.29, 0.717) is 5.41 Å². The summed E-state index contributed by atoms with van der Waals surface area (Å²) in [6.07, 6.45) is 15.5. The summed E-state index contributed by atoms with van der Waals surface area (Å²) in [7, 11) is 0. The molecule has 1 fully saturated rings. The van der Waals surface area contributed by atoms with E-state index in [0.717, 1.165) is 6.04 Å². The van der Waals surface area contributed by atoms with Crippen molar-refractivity contribution in [2.45, 2.75) is 97.4 Å². The molecule has 1 saturated carbocycles. The van der Waals surface area contributed by atoms with Crippen molar-refractivity contribution in [3.8, 4) is 0 Å². The Hall–Kier alpha value is 0.310. The first-order chi connectivity index (χ1) is 9.70. The Kier molecular flexibility index (Phi) is 10.1. The molecule has 0 radical (unpaired) electrons. The predicted molar refractivity (Wildman–Crippen MR) is 94.5 cm³/mol. The zero-order valence-corrected chi connectivity index (χ0v) is 15.0. The lowest BCUT2D eigenvalue weighted by atomic mass is 9.82. The van der Waals surface area contributed by atoms with E-state index in [4.69, 9.17) is 0 Å². The predicted octanol–water partition coefficient (Wildman–Crippen LogP) is 5.99. The molecule has 0 heterocycles. The second-order valence-electron chi connectivity index (χ2n) is 7.05. The van der Waals surface area contributed by atoms with Gasteiger partial charge in [-0.15, -0.1) is 11.8 Å². The van der Waals surface area contributed by atoms with Crippen molar-refractivity contribution in [2.24, 2.45) is 5.41 Å². The second-order valence-corrected chi connectivity index (χ2v) is 8.04. The molecule has 0 amide bonds. The van der Waals surface area contributed by atoms with Gasteiger partial charge in [-0.25, -0.2) is 0 Å². The molecule has 0 aliphatic heterocycles. The maximum absolute atomic E-state index is 3.63. The Morgan fingerprint density at radius 1 is 0.950 bits per heavy atom. The van der Waals surface area contributed by atoms with Gasteiger partial charge in [-0.1, -0.05) is 65.7 Å². The van der Waals surface area contributed by atoms with Crippen LogP contribution in [0.1, 0.15) is 91.4 Å². The summed E-state index contributed by atoms with van der Waals surface area (Å²) in [5, 5.41) is 3.63. The van der Waals surface area contributed by atoms with Gasteiger partial charge in [-0.2, -0.15) is 0 Å². The van der Waals surface area contributed by atoms with Crippen molar-refractivity contribution in [1.29, 1.82) is 0 Å². The van der Waals surface area contributed by atoms with Crippen LogP contribution in [0.3, 0.4) is 0 Å². The monoisotopic (exact) mass is 299 g/mol. The molecule has 120 valence electrons. The highest BCUT2D eigenvalue weighted by Crippen LogP contribution is 2.34. The molecule has 2 heteroatoms. The summed E-state index contributed by atoms with van der Waals surface area (Å²) < 4.78 is 0. The fourth-order valence-electron chi connectivity index (χ4n) is 2.79. The molecule has 1 aliphatic carbocycles. The fourth-order valence-corrected chi connectivity index (χ4v) is 4.03. The Morgan fingerprint density at radius 2 is 1.60 bits per heavy atom. The molecule has 0 bridgehead atoms. The minimum absolute atomic E-state index is 0.581. The van der Waals surface area contributed by atoms with E-state index < -0.39 is 0 Å². The maximum Gasteiger partial charge on any atom is 0.0420 e. The van der Waals surface area contributed by atoms with Gasteiger partial charge in [0.25, 0.3) is 0 Å². The summed E-state index contributed by atoms with van der Waals surface area (Å²) in [6, 6.07) is 0.860. The highest BCUT2D eigenvalue weighted by molar-refractivity contribution is 7.99. The Balaban J connectivity index is 2.15. The number of hydrogen-bond acceptors (Lipinski definition) is 2. The van der Waals surface area contributed by atoms with Gasteiger partial charge in [0.2, 0.25) is 0 Å². The van der Waals surface area contributed by atoms with E-state index in [2.05, 4.69) is 37.8 Å². The molecule has 1 unspecified atom stereocenters. The van der Waals surface area contributed by atoms with Crippen LogP contribution in [-0.2, 0) is 0 Å². The highest BCUT2D eigenvalue weighted by Gasteiger charge is 2.24. The number of thioether (sulfide) groups is 1. The number of rotatable bonds is 14. The molecule has 0 aromatic heterocycles. The van der Waals surface area contributed by atoms with Crippen LogP contribution in [0.15, 0.2) is 0 Å². The first-order valence-corrected chi connectivity index (χ1v) is 10.2. The molecular weight excluding hydrogens is 262 g/mol. The average molecular weight is 300 g/mol. The van der Waals surface area contributed by atoms with Crippen LogP contribution in [0.5, 0.6) is 0 Å². The molecule has 1 rings (SSSR count). The van der Waals surface area contributed by atoms with Crippen LogP contribution in [-0.4, -0.2) is 17.7 Å². The van der Waals surface area contributed by atoms with Gasteiger partial charge < -0.3 is 5.32 Å². The zero-order valence-electron chi connectivity index (χ0n) is 14.2. The standard InChI is InChI=1S/C18H37NS/c1-4-6-8-9-10-14-18(3,13-7-5-2)15-20-16-19-17-11-12-17/h17,19H,4-16H2,1-3H3. The topological polar surface area (TPSA) is 12.0 Å². The SMILES string of the molecule is CCCCCCCC(C)(CCCC)CSCNC1CC1. The lowest BCUT2D eigenvalue weighted by molar-refractivity contribution is 0.293. The van der Waals surface area contributed by atoms with E-state index in [-0.39, 0.29) is 0 Å². The molecule has 1 N–H and O–H groups in total. The van der Waals surface area contributed by atoms with Gasteiger partial charge in [0.15, 0.2) is 0 Å². The first-order valence-electron chi connectivity index (χ1n) is 9.01. The quantitative estimate of drug-likeness (QED) is 0.312. The van der Waals surface area contributed by atoms with E-state index in [1.54, 1.807) is 0 Å². The van der Waals surface area contributed by atoms with E-state index >= 15 is 0 Å². The van der Waals surface area contributed by atoms with Crippen LogP contribution in [0, 0.1) is 5.41 Å². The van der Waals surface area contributed by atoms with Crippen LogP contribution in [0.2, 0.25) is 0 Å². The van der Waals surface area contributed by atoms with Crippen LogP contribution >= 0.6 is 11.8 Å². The third kappa shape index (κ3) is 9.28. The van der Waals surface area contributed by atoms with E-state index in [1.807, 2.05) is 0 Å². The summed E-state index contributed by atoms with van der Waals surface area (Å²) >= 11 is 2.14. The lowest BCUT2D eigenvalue weighted by Crippen LogP contribution is -2.23. The Morgan fingerprint density at radius 3 is 2.25 bits per heavy atom. The molecule has 1 atom stereocenters. The van der Waals surface area contributed by atoms with Crippen molar-refractivity contribution >= 4 is 11.8 Å². The van der Waals surface area contributed by atoms with Crippen molar-refractivity contribution in [1.82, 2.24) is 5.32 Å². The van der Waals surface area contributed by atoms with Crippen LogP contribution < -0.4 is 5.32 Å². The highest BCUT2D eigenvalue weighted by atomic mass is 32.2. The molecule has 0 aromatic rings. The zero-order chi connectivity index (χ0) is 14.7. The van der Waals surface area contributed by atoms with E-state index in [1.165, 1.54) is 82.3 Å². The van der Waals surface area contributed by atoms with Crippen LogP contribution in [0.4, 0.5) is 0 Å². The number of nitrogens with one attached hydrogen (secondary N) is 1. The molecule has 0 spiro atoms. The number of unbranched alkanes of at least 4 members (excludes halogenated alkanes) is 5. The summed E-state index contributed by atoms with van der Waals surface area (Å²) in [4.78, 5) is 0. The third-order valence-electron chi connectivity index (χ3n) is 4.52.